The van der Waals surface area contributed by atoms with Crippen LogP contribution in [0, 0.1) is 5.92 Å². The molecule has 2 atom stereocenters. The van der Waals surface area contributed by atoms with Crippen molar-refractivity contribution < 1.29 is 8.42 Å². The van der Waals surface area contributed by atoms with Crippen LogP contribution in [0.5, 0.6) is 0 Å². The Bertz CT molecular complexity index is 526. The summed E-state index contributed by atoms with van der Waals surface area (Å²) < 4.78 is 28.6. The smallest absolute Gasteiger partial charge is 0.235 e. The lowest BCUT2D eigenvalue weighted by Crippen LogP contribution is -2.35. The number of hydrogen-bond donors (Lipinski definition) is 1. The molecule has 9 heteroatoms. The van der Waals surface area contributed by atoms with Gasteiger partial charge in [-0.3, -0.25) is 0 Å². The summed E-state index contributed by atoms with van der Waals surface area (Å²) in [5, 5.41) is 7.44. The molecule has 6 nitrogen and oxygen atoms in total. The minimum atomic E-state index is -3.58. The zero-order chi connectivity index (χ0) is 14.0. The highest BCUT2D eigenvalue weighted by atomic mass is 79.9. The maximum Gasteiger partial charge on any atom is 0.260 e. The van der Waals surface area contributed by atoms with Gasteiger partial charge in [0.05, 0.1) is 0 Å². The summed E-state index contributed by atoms with van der Waals surface area (Å²) in [5.74, 6) is 0.337. The second-order valence-corrected chi connectivity index (χ2v) is 8.33. The molecule has 0 spiro atoms. The van der Waals surface area contributed by atoms with Gasteiger partial charge < -0.3 is 0 Å². The van der Waals surface area contributed by atoms with E-state index >= 15 is 0 Å². The molecule has 0 aromatic carbocycles. The number of nitrogens with one attached hydrogen (secondary N) is 1. The van der Waals surface area contributed by atoms with E-state index in [2.05, 4.69) is 46.9 Å². The molecule has 0 bridgehead atoms. The number of halogens is 2. The highest BCUT2D eigenvalue weighted by molar-refractivity contribution is 9.10. The van der Waals surface area contributed by atoms with Crippen LogP contribution in [-0.2, 0) is 17.1 Å². The molecule has 1 aromatic rings. The first-order valence-corrected chi connectivity index (χ1v) is 9.30. The van der Waals surface area contributed by atoms with Crippen LogP contribution in [-0.4, -0.2) is 34.8 Å². The van der Waals surface area contributed by atoms with Crippen LogP contribution in [0.3, 0.4) is 0 Å². The molecule has 2 rings (SSSR count). The van der Waals surface area contributed by atoms with E-state index in [1.165, 1.54) is 11.1 Å². The molecule has 0 saturated heterocycles. The largest absolute Gasteiger partial charge is 0.260 e. The Hall–Kier alpha value is 0.01000. The number of aryl methyl sites for hydroxylation is 1. The van der Waals surface area contributed by atoms with Gasteiger partial charge in [0.2, 0.25) is 5.03 Å². The molecule has 1 heterocycles. The fourth-order valence-electron chi connectivity index (χ4n) is 2.29. The van der Waals surface area contributed by atoms with Gasteiger partial charge in [0, 0.05) is 18.4 Å². The number of aromatic nitrogens is 3. The fraction of sp³-hybridized carbons (Fsp3) is 0.800. The minimum Gasteiger partial charge on any atom is -0.235 e. The molecule has 19 heavy (non-hydrogen) atoms. The number of nitrogens with zero attached hydrogens (tertiary/aromatic N) is 3. The second-order valence-electron chi connectivity index (χ2n) is 4.72. The first-order chi connectivity index (χ1) is 8.92. The monoisotopic (exact) mass is 414 g/mol. The summed E-state index contributed by atoms with van der Waals surface area (Å²) in [6.07, 6.45) is 4.51. The molecule has 1 aliphatic rings. The molecular formula is C10H16Br2N4O2S. The lowest BCUT2D eigenvalue weighted by molar-refractivity contribution is 0.373. The first kappa shape index (κ1) is 15.4. The Morgan fingerprint density at radius 2 is 2.11 bits per heavy atom. The van der Waals surface area contributed by atoms with Crippen molar-refractivity contribution in [3.63, 3.8) is 0 Å². The third-order valence-electron chi connectivity index (χ3n) is 3.34. The van der Waals surface area contributed by atoms with Crippen molar-refractivity contribution in [1.82, 2.24) is 19.7 Å². The van der Waals surface area contributed by atoms with Crippen LogP contribution in [0.2, 0.25) is 0 Å². The third kappa shape index (κ3) is 3.56. The SMILES string of the molecule is Cn1nnc(Br)c1S(=O)(=O)NCC1CCCCC1Br. The van der Waals surface area contributed by atoms with Gasteiger partial charge in [-0.05, 0) is 34.7 Å². The van der Waals surface area contributed by atoms with E-state index in [0.717, 1.165) is 19.3 Å². The highest BCUT2D eigenvalue weighted by Crippen LogP contribution is 2.29. The van der Waals surface area contributed by atoms with Gasteiger partial charge >= 0.3 is 0 Å². The van der Waals surface area contributed by atoms with Gasteiger partial charge in [0.15, 0.2) is 4.60 Å². The Balaban J connectivity index is 2.06. The van der Waals surface area contributed by atoms with Crippen LogP contribution in [0.4, 0.5) is 0 Å². The summed E-state index contributed by atoms with van der Waals surface area (Å²) >= 11 is 6.73. The van der Waals surface area contributed by atoms with E-state index in [1.807, 2.05) is 0 Å². The Morgan fingerprint density at radius 3 is 2.68 bits per heavy atom. The molecule has 2 unspecified atom stereocenters. The van der Waals surface area contributed by atoms with E-state index < -0.39 is 10.0 Å². The summed E-state index contributed by atoms with van der Waals surface area (Å²) in [5.41, 5.74) is 0. The molecule has 0 amide bonds. The van der Waals surface area contributed by atoms with Crippen LogP contribution in [0.25, 0.3) is 0 Å². The zero-order valence-corrected chi connectivity index (χ0v) is 14.5. The maximum absolute atomic E-state index is 12.2. The molecule has 1 aromatic heterocycles. The third-order valence-corrected chi connectivity index (χ3v) is 6.86. The molecule has 108 valence electrons. The van der Waals surface area contributed by atoms with E-state index in [9.17, 15) is 8.42 Å². The van der Waals surface area contributed by atoms with Crippen molar-refractivity contribution in [2.24, 2.45) is 13.0 Å². The van der Waals surface area contributed by atoms with E-state index in [1.54, 1.807) is 7.05 Å². The fourth-order valence-corrected chi connectivity index (χ4v) is 5.24. The van der Waals surface area contributed by atoms with Gasteiger partial charge in [-0.2, -0.15) is 0 Å². The van der Waals surface area contributed by atoms with E-state index in [0.29, 0.717) is 17.3 Å². The van der Waals surface area contributed by atoms with Crippen molar-refractivity contribution >= 4 is 41.9 Å². The number of sulfonamides is 1. The maximum atomic E-state index is 12.2. The summed E-state index contributed by atoms with van der Waals surface area (Å²) in [6.45, 7) is 0.440. The predicted molar refractivity (Wildman–Crippen MR) is 78.6 cm³/mol. The second kappa shape index (κ2) is 6.19. The topological polar surface area (TPSA) is 76.9 Å². The van der Waals surface area contributed by atoms with Gasteiger partial charge in [0.1, 0.15) is 0 Å². The van der Waals surface area contributed by atoms with Crippen LogP contribution in [0.1, 0.15) is 25.7 Å². The van der Waals surface area contributed by atoms with Crippen LogP contribution in [0.15, 0.2) is 9.63 Å². The normalized spacial score (nSPS) is 24.6. The number of alkyl halides is 1. The standard InChI is InChI=1S/C10H16Br2N4O2S/c1-16-10(9(12)14-15-16)19(17,18)13-6-7-4-2-3-5-8(7)11/h7-8,13H,2-6H2,1H3. The van der Waals surface area contributed by atoms with Crippen molar-refractivity contribution in [1.29, 1.82) is 0 Å². The van der Waals surface area contributed by atoms with Crippen LogP contribution < -0.4 is 4.72 Å². The molecule has 1 saturated carbocycles. The lowest BCUT2D eigenvalue weighted by Gasteiger charge is -2.27. The molecule has 1 fully saturated rings. The molecule has 0 aliphatic heterocycles. The van der Waals surface area contributed by atoms with E-state index in [4.69, 9.17) is 0 Å². The average Bonchev–Trinajstić information content (AvgIpc) is 2.69. The molecule has 0 radical (unpaired) electrons. The molecule has 1 aliphatic carbocycles. The number of hydrogen-bond acceptors (Lipinski definition) is 4. The highest BCUT2D eigenvalue weighted by Gasteiger charge is 2.28. The summed E-state index contributed by atoms with van der Waals surface area (Å²) in [4.78, 5) is 0.386. The predicted octanol–water partition coefficient (Wildman–Crippen LogP) is 1.81. The van der Waals surface area contributed by atoms with Crippen molar-refractivity contribution in [2.45, 2.75) is 35.5 Å². The van der Waals surface area contributed by atoms with Crippen molar-refractivity contribution in [3.05, 3.63) is 4.60 Å². The summed E-state index contributed by atoms with van der Waals surface area (Å²) in [7, 11) is -2.03. The molecular weight excluding hydrogens is 400 g/mol. The zero-order valence-electron chi connectivity index (χ0n) is 10.5. The average molecular weight is 416 g/mol. The van der Waals surface area contributed by atoms with Crippen LogP contribution >= 0.6 is 31.9 Å². The Kier molecular flexibility index (Phi) is 5.02. The molecule has 1 N–H and O–H groups in total. The van der Waals surface area contributed by atoms with Crippen molar-refractivity contribution in [3.8, 4) is 0 Å². The summed E-state index contributed by atoms with van der Waals surface area (Å²) in [6, 6.07) is 0. The van der Waals surface area contributed by atoms with E-state index in [-0.39, 0.29) is 9.63 Å². The van der Waals surface area contributed by atoms with Gasteiger partial charge in [-0.1, -0.05) is 34.0 Å². The van der Waals surface area contributed by atoms with Gasteiger partial charge in [-0.25, -0.2) is 17.8 Å². The minimum absolute atomic E-state index is 0.0643. The van der Waals surface area contributed by atoms with Gasteiger partial charge in [0.25, 0.3) is 10.0 Å². The van der Waals surface area contributed by atoms with Gasteiger partial charge in [-0.15, -0.1) is 5.10 Å². The lowest BCUT2D eigenvalue weighted by atomic mass is 9.89. The quantitative estimate of drug-likeness (QED) is 0.760. The first-order valence-electron chi connectivity index (χ1n) is 6.10. The Labute approximate surface area is 129 Å². The number of rotatable bonds is 4. The van der Waals surface area contributed by atoms with Crippen molar-refractivity contribution in [2.75, 3.05) is 6.54 Å². The Morgan fingerprint density at radius 1 is 1.42 bits per heavy atom.